The van der Waals surface area contributed by atoms with Crippen molar-refractivity contribution in [2.75, 3.05) is 17.5 Å². The summed E-state index contributed by atoms with van der Waals surface area (Å²) >= 11 is 0. The maximum atomic E-state index is 13.7. The predicted molar refractivity (Wildman–Crippen MR) is 123 cm³/mol. The number of benzene rings is 3. The Bertz CT molecular complexity index is 1140. The van der Waals surface area contributed by atoms with Crippen molar-refractivity contribution < 1.29 is 17.9 Å². The molecule has 0 saturated carbocycles. The SMILES string of the molecule is CC(C)(C)c1cc(OCC2CO2)cc(N(c2ccccc2)S(=O)(=O)c2ccccc2)c1. The van der Waals surface area contributed by atoms with Crippen molar-refractivity contribution in [3.8, 4) is 5.75 Å². The first-order valence-electron chi connectivity index (χ1n) is 10.3. The fourth-order valence-corrected chi connectivity index (χ4v) is 4.75. The summed E-state index contributed by atoms with van der Waals surface area (Å²) in [5.74, 6) is 0.627. The third kappa shape index (κ3) is 4.92. The molecule has 1 unspecified atom stereocenters. The van der Waals surface area contributed by atoms with Gasteiger partial charge in [0.25, 0.3) is 10.0 Å². The van der Waals surface area contributed by atoms with Gasteiger partial charge in [-0.05, 0) is 47.4 Å². The van der Waals surface area contributed by atoms with Gasteiger partial charge in [-0.25, -0.2) is 12.7 Å². The van der Waals surface area contributed by atoms with Crippen molar-refractivity contribution >= 4 is 21.4 Å². The fourth-order valence-electron chi connectivity index (χ4n) is 3.26. The Morgan fingerprint density at radius 3 is 2.13 bits per heavy atom. The van der Waals surface area contributed by atoms with E-state index < -0.39 is 10.0 Å². The number of para-hydroxylation sites is 1. The van der Waals surface area contributed by atoms with Gasteiger partial charge >= 0.3 is 0 Å². The molecule has 0 aromatic heterocycles. The minimum Gasteiger partial charge on any atom is -0.491 e. The molecule has 5 nitrogen and oxygen atoms in total. The number of rotatable bonds is 7. The molecule has 3 aromatic rings. The number of hydrogen-bond donors (Lipinski definition) is 0. The molecule has 1 aliphatic heterocycles. The molecule has 0 aliphatic carbocycles. The number of hydrogen-bond acceptors (Lipinski definition) is 4. The lowest BCUT2D eigenvalue weighted by atomic mass is 9.86. The highest BCUT2D eigenvalue weighted by Crippen LogP contribution is 2.38. The second-order valence-electron chi connectivity index (χ2n) is 8.65. The van der Waals surface area contributed by atoms with Crippen LogP contribution in [0.2, 0.25) is 0 Å². The van der Waals surface area contributed by atoms with E-state index in [4.69, 9.17) is 9.47 Å². The molecule has 0 bridgehead atoms. The van der Waals surface area contributed by atoms with E-state index in [9.17, 15) is 8.42 Å². The van der Waals surface area contributed by atoms with Crippen LogP contribution in [0.25, 0.3) is 0 Å². The van der Waals surface area contributed by atoms with E-state index in [-0.39, 0.29) is 16.4 Å². The van der Waals surface area contributed by atoms with Gasteiger partial charge in [0.2, 0.25) is 0 Å². The van der Waals surface area contributed by atoms with E-state index in [1.165, 1.54) is 4.31 Å². The maximum Gasteiger partial charge on any atom is 0.268 e. The van der Waals surface area contributed by atoms with Crippen LogP contribution < -0.4 is 9.04 Å². The summed E-state index contributed by atoms with van der Waals surface area (Å²) in [7, 11) is -3.85. The molecule has 0 spiro atoms. The molecule has 1 saturated heterocycles. The lowest BCUT2D eigenvalue weighted by Crippen LogP contribution is -2.27. The summed E-state index contributed by atoms with van der Waals surface area (Å²) in [6, 6.07) is 23.3. The highest BCUT2D eigenvalue weighted by atomic mass is 32.2. The number of epoxide rings is 1. The first-order valence-corrected chi connectivity index (χ1v) is 11.7. The Balaban J connectivity index is 1.87. The summed E-state index contributed by atoms with van der Waals surface area (Å²) in [5, 5.41) is 0. The second kappa shape index (κ2) is 8.36. The number of sulfonamides is 1. The van der Waals surface area contributed by atoms with Gasteiger partial charge in [-0.2, -0.15) is 0 Å². The third-order valence-electron chi connectivity index (χ3n) is 5.10. The molecule has 1 atom stereocenters. The predicted octanol–water partition coefficient (Wildman–Crippen LogP) is 5.29. The molecule has 0 radical (unpaired) electrons. The molecule has 6 heteroatoms. The maximum absolute atomic E-state index is 13.7. The van der Waals surface area contributed by atoms with E-state index in [1.807, 2.05) is 30.3 Å². The molecule has 0 N–H and O–H groups in total. The molecule has 3 aromatic carbocycles. The zero-order chi connectivity index (χ0) is 22.1. The van der Waals surface area contributed by atoms with Crippen LogP contribution in [0.4, 0.5) is 11.4 Å². The van der Waals surface area contributed by atoms with E-state index in [0.29, 0.717) is 30.3 Å². The quantitative estimate of drug-likeness (QED) is 0.471. The zero-order valence-electron chi connectivity index (χ0n) is 18.0. The van der Waals surface area contributed by atoms with Crippen LogP contribution >= 0.6 is 0 Å². The molecule has 1 aliphatic rings. The minimum atomic E-state index is -3.85. The first-order chi connectivity index (χ1) is 14.7. The molecular formula is C25H27NO4S. The van der Waals surface area contributed by atoms with Gasteiger partial charge in [-0.1, -0.05) is 57.2 Å². The van der Waals surface area contributed by atoms with Crippen LogP contribution in [0.1, 0.15) is 26.3 Å². The second-order valence-corrected chi connectivity index (χ2v) is 10.4. The Hall–Kier alpha value is -2.83. The normalized spacial score (nSPS) is 16.0. The average Bonchev–Trinajstić information content (AvgIpc) is 3.57. The summed E-state index contributed by atoms with van der Waals surface area (Å²) in [6.07, 6.45) is 0.111. The summed E-state index contributed by atoms with van der Waals surface area (Å²) < 4.78 is 40.1. The summed E-state index contributed by atoms with van der Waals surface area (Å²) in [4.78, 5) is 0.230. The fraction of sp³-hybridized carbons (Fsp3) is 0.280. The van der Waals surface area contributed by atoms with Crippen LogP contribution in [-0.2, 0) is 20.2 Å². The van der Waals surface area contributed by atoms with Crippen LogP contribution in [0.5, 0.6) is 5.75 Å². The van der Waals surface area contributed by atoms with E-state index in [2.05, 4.69) is 20.8 Å². The van der Waals surface area contributed by atoms with Crippen molar-refractivity contribution in [2.45, 2.75) is 37.2 Å². The van der Waals surface area contributed by atoms with Crippen molar-refractivity contribution in [1.29, 1.82) is 0 Å². The van der Waals surface area contributed by atoms with Crippen molar-refractivity contribution in [3.63, 3.8) is 0 Å². The Morgan fingerprint density at radius 1 is 0.935 bits per heavy atom. The van der Waals surface area contributed by atoms with Crippen LogP contribution in [0.3, 0.4) is 0 Å². The van der Waals surface area contributed by atoms with E-state index >= 15 is 0 Å². The van der Waals surface area contributed by atoms with Crippen molar-refractivity contribution in [2.24, 2.45) is 0 Å². The molecule has 162 valence electrons. The molecule has 4 rings (SSSR count). The van der Waals surface area contributed by atoms with Gasteiger partial charge in [0.15, 0.2) is 0 Å². The highest BCUT2D eigenvalue weighted by Gasteiger charge is 2.29. The Labute approximate surface area is 184 Å². The monoisotopic (exact) mass is 437 g/mol. The smallest absolute Gasteiger partial charge is 0.268 e. The topological polar surface area (TPSA) is 59.1 Å². The van der Waals surface area contributed by atoms with Crippen molar-refractivity contribution in [1.82, 2.24) is 0 Å². The molecule has 1 heterocycles. The number of anilines is 2. The number of ether oxygens (including phenoxy) is 2. The zero-order valence-corrected chi connectivity index (χ0v) is 18.8. The van der Waals surface area contributed by atoms with E-state index in [0.717, 1.165) is 5.56 Å². The van der Waals surface area contributed by atoms with Gasteiger partial charge in [0.05, 0.1) is 22.9 Å². The first kappa shape index (κ1) is 21.4. The van der Waals surface area contributed by atoms with Gasteiger partial charge in [0.1, 0.15) is 18.5 Å². The number of nitrogens with zero attached hydrogens (tertiary/aromatic N) is 1. The van der Waals surface area contributed by atoms with E-state index in [1.54, 1.807) is 48.5 Å². The largest absolute Gasteiger partial charge is 0.491 e. The standard InChI is InChI=1S/C25H27NO4S/c1-25(2,3)19-14-21(16-22(15-19)29-17-23-18-30-23)26(20-10-6-4-7-11-20)31(27,28)24-12-8-5-9-13-24/h4-16,23H,17-18H2,1-3H3. The molecule has 31 heavy (non-hydrogen) atoms. The molecular weight excluding hydrogens is 410 g/mol. The van der Waals surface area contributed by atoms with Gasteiger partial charge in [0, 0.05) is 6.07 Å². The lowest BCUT2D eigenvalue weighted by molar-refractivity contribution is 0.262. The van der Waals surface area contributed by atoms with Gasteiger partial charge in [-0.15, -0.1) is 0 Å². The minimum absolute atomic E-state index is 0.111. The van der Waals surface area contributed by atoms with Crippen LogP contribution in [0.15, 0.2) is 83.8 Å². The summed E-state index contributed by atoms with van der Waals surface area (Å²) in [6.45, 7) is 7.43. The summed E-state index contributed by atoms with van der Waals surface area (Å²) in [5.41, 5.74) is 1.90. The Morgan fingerprint density at radius 2 is 1.55 bits per heavy atom. The van der Waals surface area contributed by atoms with Crippen LogP contribution in [-0.4, -0.2) is 27.7 Å². The van der Waals surface area contributed by atoms with Gasteiger partial charge < -0.3 is 9.47 Å². The van der Waals surface area contributed by atoms with Gasteiger partial charge in [-0.3, -0.25) is 0 Å². The third-order valence-corrected chi connectivity index (χ3v) is 6.87. The average molecular weight is 438 g/mol. The highest BCUT2D eigenvalue weighted by molar-refractivity contribution is 7.93. The molecule has 0 amide bonds. The lowest BCUT2D eigenvalue weighted by Gasteiger charge is -2.28. The molecule has 1 fully saturated rings. The van der Waals surface area contributed by atoms with Crippen LogP contribution in [0, 0.1) is 0 Å². The van der Waals surface area contributed by atoms with Crippen molar-refractivity contribution in [3.05, 3.63) is 84.4 Å². The Kier molecular flexibility index (Phi) is 5.77.